The van der Waals surface area contributed by atoms with E-state index in [-0.39, 0.29) is 4.92 Å². The summed E-state index contributed by atoms with van der Waals surface area (Å²) in [5, 5.41) is 14.4. The van der Waals surface area contributed by atoms with Gasteiger partial charge in [0, 0.05) is 37.2 Å². The fourth-order valence-electron chi connectivity index (χ4n) is 2.14. The lowest BCUT2D eigenvalue weighted by Gasteiger charge is -2.37. The molecule has 0 bridgehead atoms. The zero-order chi connectivity index (χ0) is 10.7. The van der Waals surface area contributed by atoms with Crippen molar-refractivity contribution in [3.05, 3.63) is 34.4 Å². The minimum Gasteiger partial charge on any atom is -0.314 e. The molecule has 15 heavy (non-hydrogen) atoms. The molecule has 1 atom stereocenters. The first-order chi connectivity index (χ1) is 7.26. The highest BCUT2D eigenvalue weighted by molar-refractivity contribution is 5.17. The summed E-state index contributed by atoms with van der Waals surface area (Å²) in [6, 6.07) is 0. The van der Waals surface area contributed by atoms with E-state index in [0.29, 0.717) is 6.42 Å². The van der Waals surface area contributed by atoms with Crippen molar-refractivity contribution in [3.63, 3.8) is 0 Å². The summed E-state index contributed by atoms with van der Waals surface area (Å²) in [4.78, 5) is 13.0. The molecule has 5 heteroatoms. The van der Waals surface area contributed by atoms with E-state index in [1.54, 1.807) is 12.2 Å². The second-order valence-electron chi connectivity index (χ2n) is 3.86. The molecule has 1 N–H and O–H groups in total. The molecule has 5 nitrogen and oxygen atoms in total. The first kappa shape index (κ1) is 10.3. The van der Waals surface area contributed by atoms with Gasteiger partial charge >= 0.3 is 0 Å². The van der Waals surface area contributed by atoms with E-state index >= 15 is 0 Å². The largest absolute Gasteiger partial charge is 0.314 e. The van der Waals surface area contributed by atoms with Crippen LogP contribution >= 0.6 is 0 Å². The van der Waals surface area contributed by atoms with Crippen LogP contribution in [-0.4, -0.2) is 41.7 Å². The number of piperazine rings is 1. The highest BCUT2D eigenvalue weighted by Crippen LogP contribution is 2.26. The van der Waals surface area contributed by atoms with E-state index in [2.05, 4.69) is 5.32 Å². The van der Waals surface area contributed by atoms with Crippen molar-refractivity contribution in [2.24, 2.45) is 0 Å². The van der Waals surface area contributed by atoms with E-state index in [0.717, 1.165) is 26.2 Å². The van der Waals surface area contributed by atoms with Gasteiger partial charge in [-0.05, 0) is 0 Å². The second kappa shape index (κ2) is 4.12. The molecule has 0 aromatic rings. The molecule has 2 aliphatic rings. The number of nitrogens with zero attached hydrogens (tertiary/aromatic N) is 2. The molecule has 1 aliphatic carbocycles. The van der Waals surface area contributed by atoms with Gasteiger partial charge in [0.1, 0.15) is 0 Å². The number of nitrogens with one attached hydrogen (secondary N) is 1. The molecule has 1 saturated heterocycles. The minimum absolute atomic E-state index is 0.168. The van der Waals surface area contributed by atoms with Crippen LogP contribution in [0.3, 0.4) is 0 Å². The Balaban J connectivity index is 2.21. The quantitative estimate of drug-likeness (QED) is 0.527. The Morgan fingerprint density at radius 3 is 2.60 bits per heavy atom. The third-order valence-electron chi connectivity index (χ3n) is 3.01. The fraction of sp³-hybridized carbons (Fsp3) is 0.600. The Morgan fingerprint density at radius 2 is 2.07 bits per heavy atom. The van der Waals surface area contributed by atoms with E-state index in [9.17, 15) is 10.1 Å². The maximum atomic E-state index is 11.2. The predicted molar refractivity (Wildman–Crippen MR) is 57.1 cm³/mol. The molecule has 0 aromatic heterocycles. The second-order valence-corrected chi connectivity index (χ2v) is 3.86. The molecule has 0 spiro atoms. The van der Waals surface area contributed by atoms with E-state index in [1.165, 1.54) is 0 Å². The number of nitro groups is 1. The Bertz CT molecular complexity index is 308. The van der Waals surface area contributed by atoms with Crippen LogP contribution in [0, 0.1) is 10.1 Å². The summed E-state index contributed by atoms with van der Waals surface area (Å²) >= 11 is 0. The number of hydrogen-bond acceptors (Lipinski definition) is 4. The van der Waals surface area contributed by atoms with Gasteiger partial charge in [-0.25, -0.2) is 4.90 Å². The average molecular weight is 209 g/mol. The van der Waals surface area contributed by atoms with E-state index in [1.807, 2.05) is 17.1 Å². The van der Waals surface area contributed by atoms with Crippen LogP contribution in [-0.2, 0) is 0 Å². The smallest absolute Gasteiger partial charge is 0.300 e. The molecular weight excluding hydrogens is 194 g/mol. The molecule has 1 heterocycles. The fourth-order valence-corrected chi connectivity index (χ4v) is 2.14. The van der Waals surface area contributed by atoms with Crippen LogP contribution in [0.4, 0.5) is 0 Å². The Hall–Kier alpha value is -1.20. The van der Waals surface area contributed by atoms with Crippen LogP contribution in [0.25, 0.3) is 0 Å². The molecule has 0 aromatic carbocycles. The first-order valence-electron chi connectivity index (χ1n) is 5.20. The number of allylic oxidation sites excluding steroid dienone is 2. The van der Waals surface area contributed by atoms with Crippen molar-refractivity contribution in [2.45, 2.75) is 12.1 Å². The first-order valence-corrected chi connectivity index (χ1v) is 5.20. The topological polar surface area (TPSA) is 58.4 Å². The molecular formula is C10H15N3O2. The summed E-state index contributed by atoms with van der Waals surface area (Å²) in [5.74, 6) is 0. The van der Waals surface area contributed by atoms with Crippen LogP contribution < -0.4 is 5.32 Å². The molecule has 82 valence electrons. The number of hydrogen-bond donors (Lipinski definition) is 1. The molecule has 1 unspecified atom stereocenters. The van der Waals surface area contributed by atoms with Gasteiger partial charge in [0.05, 0.1) is 6.42 Å². The average Bonchev–Trinajstić information content (AvgIpc) is 2.31. The standard InChI is InChI=1S/C10H15N3O2/c14-13(15)10(4-2-1-3-5-10)12-8-6-11-7-9-12/h1-4,11H,5-9H2. The van der Waals surface area contributed by atoms with Gasteiger partial charge in [-0.3, -0.25) is 10.1 Å². The van der Waals surface area contributed by atoms with Crippen molar-refractivity contribution in [2.75, 3.05) is 26.2 Å². The summed E-state index contributed by atoms with van der Waals surface area (Å²) in [5.41, 5.74) is -1.00. The summed E-state index contributed by atoms with van der Waals surface area (Å²) in [7, 11) is 0. The maximum Gasteiger partial charge on any atom is 0.300 e. The highest BCUT2D eigenvalue weighted by Gasteiger charge is 2.46. The Morgan fingerprint density at radius 1 is 1.33 bits per heavy atom. The third-order valence-corrected chi connectivity index (χ3v) is 3.01. The van der Waals surface area contributed by atoms with Crippen molar-refractivity contribution >= 4 is 0 Å². The zero-order valence-corrected chi connectivity index (χ0v) is 8.56. The van der Waals surface area contributed by atoms with Crippen molar-refractivity contribution in [1.29, 1.82) is 0 Å². The molecule has 0 saturated carbocycles. The lowest BCUT2D eigenvalue weighted by Crippen LogP contribution is -2.59. The summed E-state index contributed by atoms with van der Waals surface area (Å²) in [6.07, 6.45) is 7.68. The lowest BCUT2D eigenvalue weighted by atomic mass is 9.99. The van der Waals surface area contributed by atoms with Crippen molar-refractivity contribution in [1.82, 2.24) is 10.2 Å². The van der Waals surface area contributed by atoms with Gasteiger partial charge in [0.2, 0.25) is 0 Å². The van der Waals surface area contributed by atoms with Gasteiger partial charge in [0.25, 0.3) is 5.66 Å². The Kier molecular flexibility index (Phi) is 2.83. The molecule has 2 rings (SSSR count). The van der Waals surface area contributed by atoms with Crippen molar-refractivity contribution in [3.8, 4) is 0 Å². The summed E-state index contributed by atoms with van der Waals surface area (Å²) in [6.45, 7) is 3.12. The monoisotopic (exact) mass is 209 g/mol. The molecule has 1 fully saturated rings. The van der Waals surface area contributed by atoms with Gasteiger partial charge in [-0.1, -0.05) is 18.2 Å². The van der Waals surface area contributed by atoms with Gasteiger partial charge < -0.3 is 5.32 Å². The predicted octanol–water partition coefficient (Wildman–Crippen LogP) is 0.381. The van der Waals surface area contributed by atoms with Crippen LogP contribution in [0.15, 0.2) is 24.3 Å². The van der Waals surface area contributed by atoms with E-state index < -0.39 is 5.66 Å². The molecule has 0 amide bonds. The van der Waals surface area contributed by atoms with Gasteiger partial charge in [0.15, 0.2) is 0 Å². The van der Waals surface area contributed by atoms with Gasteiger partial charge in [-0.15, -0.1) is 0 Å². The molecule has 0 radical (unpaired) electrons. The van der Waals surface area contributed by atoms with Gasteiger partial charge in [-0.2, -0.15) is 0 Å². The van der Waals surface area contributed by atoms with Crippen LogP contribution in [0.2, 0.25) is 0 Å². The highest BCUT2D eigenvalue weighted by atomic mass is 16.6. The lowest BCUT2D eigenvalue weighted by molar-refractivity contribution is -0.586. The molecule has 1 aliphatic heterocycles. The third kappa shape index (κ3) is 1.80. The van der Waals surface area contributed by atoms with E-state index in [4.69, 9.17) is 0 Å². The summed E-state index contributed by atoms with van der Waals surface area (Å²) < 4.78 is 0. The maximum absolute atomic E-state index is 11.2. The van der Waals surface area contributed by atoms with Crippen LogP contribution in [0.1, 0.15) is 6.42 Å². The normalized spacial score (nSPS) is 31.7. The SMILES string of the molecule is O=[N+]([O-])C1(N2CCNCC2)C=CC=CC1. The zero-order valence-electron chi connectivity index (χ0n) is 8.56. The minimum atomic E-state index is -1.00. The van der Waals surface area contributed by atoms with Crippen LogP contribution in [0.5, 0.6) is 0 Å². The Labute approximate surface area is 88.6 Å². The number of rotatable bonds is 2. The van der Waals surface area contributed by atoms with Crippen molar-refractivity contribution < 1.29 is 4.92 Å².